The van der Waals surface area contributed by atoms with Crippen LogP contribution in [0.4, 0.5) is 0 Å². The molecule has 0 saturated carbocycles. The van der Waals surface area contributed by atoms with Gasteiger partial charge in [-0.2, -0.15) is 0 Å². The van der Waals surface area contributed by atoms with E-state index < -0.39 is 29.7 Å². The Morgan fingerprint density at radius 2 is 1.67 bits per heavy atom. The molecule has 36 heavy (non-hydrogen) atoms. The first kappa shape index (κ1) is 27.4. The van der Waals surface area contributed by atoms with Gasteiger partial charge in [-0.3, -0.25) is 14.9 Å². The lowest BCUT2D eigenvalue weighted by atomic mass is 9.93. The van der Waals surface area contributed by atoms with Crippen molar-refractivity contribution in [2.45, 2.75) is 84.2 Å². The molecule has 0 aromatic heterocycles. The molecular formula is C29H38N2O5. The summed E-state index contributed by atoms with van der Waals surface area (Å²) in [6.45, 7) is 9.49. The first-order valence-electron chi connectivity index (χ1n) is 12.7. The molecule has 194 valence electrons. The van der Waals surface area contributed by atoms with Crippen LogP contribution in [0.5, 0.6) is 0 Å². The van der Waals surface area contributed by atoms with Crippen LogP contribution < -0.4 is 5.32 Å². The third-order valence-electron chi connectivity index (χ3n) is 6.17. The number of fused-ring (bicyclic) bond motifs is 1. The zero-order valence-corrected chi connectivity index (χ0v) is 22.0. The van der Waals surface area contributed by atoms with E-state index in [9.17, 15) is 14.4 Å². The molecule has 1 heterocycles. The summed E-state index contributed by atoms with van der Waals surface area (Å²) in [5.41, 5.74) is 2.47. The summed E-state index contributed by atoms with van der Waals surface area (Å²) in [4.78, 5) is 41.1. The predicted molar refractivity (Wildman–Crippen MR) is 138 cm³/mol. The van der Waals surface area contributed by atoms with Crippen molar-refractivity contribution in [3.8, 4) is 0 Å². The van der Waals surface area contributed by atoms with Crippen molar-refractivity contribution in [3.05, 3.63) is 71.3 Å². The Morgan fingerprint density at radius 3 is 2.31 bits per heavy atom. The third-order valence-corrected chi connectivity index (χ3v) is 6.17. The first-order chi connectivity index (χ1) is 17.1. The summed E-state index contributed by atoms with van der Waals surface area (Å²) >= 11 is 0. The minimum atomic E-state index is -0.735. The van der Waals surface area contributed by atoms with Crippen molar-refractivity contribution in [2.75, 3.05) is 6.61 Å². The number of amides is 1. The normalized spacial score (nSPS) is 17.0. The Balaban J connectivity index is 1.78. The van der Waals surface area contributed by atoms with Crippen molar-refractivity contribution in [2.24, 2.45) is 0 Å². The molecule has 0 spiro atoms. The molecule has 1 aliphatic heterocycles. The monoisotopic (exact) mass is 494 g/mol. The largest absolute Gasteiger partial charge is 0.465 e. The molecule has 0 aliphatic carbocycles. The molecular weight excluding hydrogens is 456 g/mol. The van der Waals surface area contributed by atoms with Crippen LogP contribution in [-0.2, 0) is 43.2 Å². The van der Waals surface area contributed by atoms with Crippen LogP contribution in [0.25, 0.3) is 0 Å². The minimum Gasteiger partial charge on any atom is -0.465 e. The minimum absolute atomic E-state index is 0.255. The summed E-state index contributed by atoms with van der Waals surface area (Å²) < 4.78 is 10.9. The van der Waals surface area contributed by atoms with E-state index in [1.165, 1.54) is 0 Å². The summed E-state index contributed by atoms with van der Waals surface area (Å²) in [5, 5.41) is 3.18. The maximum absolute atomic E-state index is 13.7. The fourth-order valence-electron chi connectivity index (χ4n) is 4.42. The van der Waals surface area contributed by atoms with Crippen molar-refractivity contribution in [1.29, 1.82) is 0 Å². The first-order valence-corrected chi connectivity index (χ1v) is 12.7. The Hall–Kier alpha value is -3.19. The molecule has 2 aromatic rings. The van der Waals surface area contributed by atoms with Gasteiger partial charge in [0.15, 0.2) is 0 Å². The fourth-order valence-corrected chi connectivity index (χ4v) is 4.42. The van der Waals surface area contributed by atoms with E-state index in [0.29, 0.717) is 25.8 Å². The van der Waals surface area contributed by atoms with E-state index in [4.69, 9.17) is 9.47 Å². The number of carbonyl (C=O) groups excluding carboxylic acids is 3. The van der Waals surface area contributed by atoms with Crippen LogP contribution in [0.3, 0.4) is 0 Å². The smallest absolute Gasteiger partial charge is 0.329 e. The summed E-state index contributed by atoms with van der Waals surface area (Å²) in [6.07, 6.45) is 1.54. The number of nitrogens with one attached hydrogen (secondary N) is 1. The van der Waals surface area contributed by atoms with Crippen molar-refractivity contribution in [3.63, 3.8) is 0 Å². The number of hydrogen-bond acceptors (Lipinski definition) is 6. The number of rotatable bonds is 9. The van der Waals surface area contributed by atoms with E-state index >= 15 is 0 Å². The lowest BCUT2D eigenvalue weighted by Crippen LogP contribution is -2.57. The molecule has 1 amide bonds. The average molecular weight is 495 g/mol. The van der Waals surface area contributed by atoms with Crippen LogP contribution in [0, 0.1) is 0 Å². The number of esters is 2. The average Bonchev–Trinajstić information content (AvgIpc) is 2.84. The van der Waals surface area contributed by atoms with Gasteiger partial charge in [-0.15, -0.1) is 0 Å². The van der Waals surface area contributed by atoms with Gasteiger partial charge in [0.25, 0.3) is 0 Å². The van der Waals surface area contributed by atoms with Gasteiger partial charge in [0.05, 0.1) is 12.6 Å². The molecule has 1 N–H and O–H groups in total. The SMILES string of the molecule is CCOC(=O)C(CCc1ccccc1)NC(C)C(=O)N1Cc2ccccc2CC1C(=O)OC(C)(C)C. The second-order valence-electron chi connectivity index (χ2n) is 10.2. The maximum atomic E-state index is 13.7. The van der Waals surface area contributed by atoms with Crippen molar-refractivity contribution < 1.29 is 23.9 Å². The molecule has 7 nitrogen and oxygen atoms in total. The summed E-state index contributed by atoms with van der Waals surface area (Å²) in [7, 11) is 0. The fraction of sp³-hybridized carbons (Fsp3) is 0.483. The second kappa shape index (κ2) is 12.2. The number of hydrogen-bond donors (Lipinski definition) is 1. The van der Waals surface area contributed by atoms with Gasteiger partial charge in [0.2, 0.25) is 5.91 Å². The number of carbonyl (C=O) groups is 3. The van der Waals surface area contributed by atoms with Gasteiger partial charge in [-0.25, -0.2) is 4.79 Å². The van der Waals surface area contributed by atoms with Crippen LogP contribution in [0.2, 0.25) is 0 Å². The highest BCUT2D eigenvalue weighted by atomic mass is 16.6. The zero-order chi connectivity index (χ0) is 26.3. The van der Waals surface area contributed by atoms with Crippen LogP contribution >= 0.6 is 0 Å². The van der Waals surface area contributed by atoms with Crippen LogP contribution in [-0.4, -0.2) is 53.1 Å². The number of nitrogens with zero attached hydrogens (tertiary/aromatic N) is 1. The molecule has 0 radical (unpaired) electrons. The molecule has 2 aromatic carbocycles. The molecule has 0 saturated heterocycles. The topological polar surface area (TPSA) is 84.9 Å². The van der Waals surface area contributed by atoms with Gasteiger partial charge in [0, 0.05) is 13.0 Å². The Kier molecular flexibility index (Phi) is 9.26. The number of benzene rings is 2. The van der Waals surface area contributed by atoms with Gasteiger partial charge in [-0.1, -0.05) is 54.6 Å². The molecule has 3 atom stereocenters. The second-order valence-corrected chi connectivity index (χ2v) is 10.2. The molecule has 7 heteroatoms. The van der Waals surface area contributed by atoms with E-state index in [2.05, 4.69) is 5.32 Å². The van der Waals surface area contributed by atoms with Gasteiger partial charge < -0.3 is 14.4 Å². The highest BCUT2D eigenvalue weighted by molar-refractivity contribution is 5.89. The Bertz CT molecular complexity index is 1050. The third kappa shape index (κ3) is 7.40. The van der Waals surface area contributed by atoms with Gasteiger partial charge in [0.1, 0.15) is 17.7 Å². The van der Waals surface area contributed by atoms with E-state index in [-0.39, 0.29) is 18.5 Å². The summed E-state index contributed by atoms with van der Waals surface area (Å²) in [6, 6.07) is 15.6. The van der Waals surface area contributed by atoms with Gasteiger partial charge in [-0.05, 0) is 64.2 Å². The predicted octanol–water partition coefficient (Wildman–Crippen LogP) is 3.82. The van der Waals surface area contributed by atoms with Crippen molar-refractivity contribution in [1.82, 2.24) is 10.2 Å². The van der Waals surface area contributed by atoms with Crippen molar-refractivity contribution >= 4 is 17.8 Å². The molecule has 0 fully saturated rings. The van der Waals surface area contributed by atoms with Crippen LogP contribution in [0.15, 0.2) is 54.6 Å². The maximum Gasteiger partial charge on any atom is 0.329 e. The highest BCUT2D eigenvalue weighted by Gasteiger charge is 2.39. The Labute approximate surface area is 214 Å². The van der Waals surface area contributed by atoms with E-state index in [0.717, 1.165) is 16.7 Å². The lowest BCUT2D eigenvalue weighted by Gasteiger charge is -2.38. The van der Waals surface area contributed by atoms with Gasteiger partial charge >= 0.3 is 11.9 Å². The standard InChI is InChI=1S/C29H38N2O5/c1-6-35-27(33)24(17-16-21-12-8-7-9-13-21)30-20(2)26(32)31-19-23-15-11-10-14-22(23)18-25(31)28(34)36-29(3,4)5/h7-15,20,24-25,30H,6,16-19H2,1-5H3. The summed E-state index contributed by atoms with van der Waals surface area (Å²) in [5.74, 6) is -1.07. The molecule has 3 rings (SSSR count). The molecule has 3 unspecified atom stereocenters. The van der Waals surface area contributed by atoms with E-state index in [1.807, 2.05) is 75.4 Å². The highest BCUT2D eigenvalue weighted by Crippen LogP contribution is 2.26. The molecule has 1 aliphatic rings. The van der Waals surface area contributed by atoms with E-state index in [1.54, 1.807) is 18.7 Å². The Morgan fingerprint density at radius 1 is 1.03 bits per heavy atom. The quantitative estimate of drug-likeness (QED) is 0.534. The molecule has 0 bridgehead atoms. The lowest BCUT2D eigenvalue weighted by molar-refractivity contribution is -0.166. The number of ether oxygens (including phenoxy) is 2. The number of aryl methyl sites for hydroxylation is 1. The van der Waals surface area contributed by atoms with Crippen LogP contribution in [0.1, 0.15) is 57.7 Å². The zero-order valence-electron chi connectivity index (χ0n) is 22.0.